The minimum Gasteiger partial charge on any atom is -0.486 e. The van der Waals surface area contributed by atoms with Crippen molar-refractivity contribution in [1.82, 2.24) is 19.6 Å². The van der Waals surface area contributed by atoms with Gasteiger partial charge < -0.3 is 14.8 Å². The smallest absolute Gasteiger partial charge is 0.325 e. The van der Waals surface area contributed by atoms with Gasteiger partial charge in [0.25, 0.3) is 11.5 Å². The molecule has 0 radical (unpaired) electrons. The Balaban J connectivity index is 1.47. The third-order valence-corrected chi connectivity index (χ3v) is 5.59. The van der Waals surface area contributed by atoms with Crippen molar-refractivity contribution >= 4 is 17.6 Å². The Kier molecular flexibility index (Phi) is 4.21. The van der Waals surface area contributed by atoms with Gasteiger partial charge in [0, 0.05) is 12.3 Å². The number of nitrogens with zero attached hydrogens (tertiary/aromatic N) is 3. The SMILES string of the molecule is Cc1ccn2c(=O)cc(CN3C(=O)N[C@@](C)(c4ccc5c(c4)OCCO5)C3=O)nc2c1. The van der Waals surface area contributed by atoms with Gasteiger partial charge in [-0.05, 0) is 49.2 Å². The fourth-order valence-corrected chi connectivity index (χ4v) is 3.89. The number of urea groups is 1. The summed E-state index contributed by atoms with van der Waals surface area (Å²) in [5.74, 6) is 0.703. The molecule has 2 aliphatic rings. The number of fused-ring (bicyclic) bond motifs is 2. The van der Waals surface area contributed by atoms with E-state index in [1.54, 1.807) is 37.4 Å². The largest absolute Gasteiger partial charge is 0.486 e. The van der Waals surface area contributed by atoms with Crippen LogP contribution in [0.25, 0.3) is 5.65 Å². The zero-order valence-corrected chi connectivity index (χ0v) is 17.0. The van der Waals surface area contributed by atoms with Gasteiger partial charge in [-0.2, -0.15) is 0 Å². The highest BCUT2D eigenvalue weighted by Crippen LogP contribution is 2.37. The van der Waals surface area contributed by atoms with Crippen molar-refractivity contribution in [3.8, 4) is 11.5 Å². The Morgan fingerprint density at radius 3 is 2.65 bits per heavy atom. The van der Waals surface area contributed by atoms with E-state index in [9.17, 15) is 14.4 Å². The zero-order valence-electron chi connectivity index (χ0n) is 17.0. The van der Waals surface area contributed by atoms with Crippen LogP contribution in [0, 0.1) is 6.92 Å². The molecule has 9 nitrogen and oxygen atoms in total. The number of rotatable bonds is 3. The number of pyridine rings is 1. The van der Waals surface area contributed by atoms with Gasteiger partial charge in [0.1, 0.15) is 24.4 Å². The summed E-state index contributed by atoms with van der Waals surface area (Å²) in [7, 11) is 0. The molecule has 0 saturated carbocycles. The van der Waals surface area contributed by atoms with E-state index in [0.29, 0.717) is 41.6 Å². The topological polar surface area (TPSA) is 102 Å². The summed E-state index contributed by atoms with van der Waals surface area (Å²) >= 11 is 0. The molecule has 2 aliphatic heterocycles. The number of benzene rings is 1. The Labute approximate surface area is 177 Å². The second-order valence-corrected chi connectivity index (χ2v) is 7.82. The molecule has 2 aromatic heterocycles. The average molecular weight is 420 g/mol. The molecule has 3 aromatic rings. The Bertz CT molecular complexity index is 1300. The highest BCUT2D eigenvalue weighted by Gasteiger charge is 2.49. The first-order chi connectivity index (χ1) is 14.8. The Hall–Kier alpha value is -3.88. The molecule has 3 amide bonds. The number of ether oxygens (including phenoxy) is 2. The maximum atomic E-state index is 13.3. The molecule has 9 heteroatoms. The summed E-state index contributed by atoms with van der Waals surface area (Å²) < 4.78 is 12.6. The summed E-state index contributed by atoms with van der Waals surface area (Å²) in [5.41, 5.74) is 0.788. The second kappa shape index (κ2) is 6.83. The van der Waals surface area contributed by atoms with Gasteiger partial charge in [-0.25, -0.2) is 9.78 Å². The first-order valence-electron chi connectivity index (χ1n) is 9.88. The van der Waals surface area contributed by atoms with Crippen LogP contribution >= 0.6 is 0 Å². The standard InChI is InChI=1S/C22H20N4O5/c1-13-5-6-25-18(9-13)23-15(11-19(25)27)12-26-20(28)22(2,24-21(26)29)14-3-4-16-17(10-14)31-8-7-30-16/h3-6,9-11H,7-8,12H2,1-2H3,(H,24,29)/t22-/m0/s1. The lowest BCUT2D eigenvalue weighted by molar-refractivity contribution is -0.131. The third-order valence-electron chi connectivity index (χ3n) is 5.59. The lowest BCUT2D eigenvalue weighted by atomic mass is 9.91. The van der Waals surface area contributed by atoms with Crippen molar-refractivity contribution in [1.29, 1.82) is 0 Å². The summed E-state index contributed by atoms with van der Waals surface area (Å²) in [5, 5.41) is 2.76. The number of carbonyl (C=O) groups is 2. The first-order valence-corrected chi connectivity index (χ1v) is 9.88. The molecule has 0 unspecified atom stereocenters. The van der Waals surface area contributed by atoms with Crippen LogP contribution in [-0.4, -0.2) is 39.4 Å². The number of aromatic nitrogens is 2. The van der Waals surface area contributed by atoms with E-state index < -0.39 is 17.5 Å². The normalized spacial score (nSPS) is 20.3. The zero-order chi connectivity index (χ0) is 21.8. The van der Waals surface area contributed by atoms with E-state index in [2.05, 4.69) is 10.3 Å². The van der Waals surface area contributed by atoms with Crippen molar-refractivity contribution in [2.45, 2.75) is 25.9 Å². The molecule has 1 fully saturated rings. The fourth-order valence-electron chi connectivity index (χ4n) is 3.89. The van der Waals surface area contributed by atoms with Crippen molar-refractivity contribution < 1.29 is 19.1 Å². The van der Waals surface area contributed by atoms with E-state index in [1.165, 1.54) is 10.5 Å². The number of nitrogens with one attached hydrogen (secondary N) is 1. The molecule has 0 bridgehead atoms. The van der Waals surface area contributed by atoms with Crippen LogP contribution in [0.4, 0.5) is 4.79 Å². The van der Waals surface area contributed by atoms with Gasteiger partial charge in [0.15, 0.2) is 11.5 Å². The lowest BCUT2D eigenvalue weighted by Crippen LogP contribution is -2.41. The molecule has 0 aliphatic carbocycles. The van der Waals surface area contributed by atoms with Crippen LogP contribution in [0.1, 0.15) is 23.7 Å². The summed E-state index contributed by atoms with van der Waals surface area (Å²) in [6.07, 6.45) is 1.65. The van der Waals surface area contributed by atoms with E-state index >= 15 is 0 Å². The highest BCUT2D eigenvalue weighted by atomic mass is 16.6. The first kappa shape index (κ1) is 19.1. The van der Waals surface area contributed by atoms with Crippen LogP contribution < -0.4 is 20.3 Å². The lowest BCUT2D eigenvalue weighted by Gasteiger charge is -2.25. The summed E-state index contributed by atoms with van der Waals surface area (Å²) in [6, 6.07) is 9.54. The van der Waals surface area contributed by atoms with Gasteiger partial charge in [-0.1, -0.05) is 6.07 Å². The number of carbonyl (C=O) groups excluding carboxylic acids is 2. The molecule has 5 rings (SSSR count). The number of amides is 3. The molecular weight excluding hydrogens is 400 g/mol. The molecule has 1 saturated heterocycles. The summed E-state index contributed by atoms with van der Waals surface area (Å²) in [6.45, 7) is 4.32. The van der Waals surface area contributed by atoms with Crippen LogP contribution in [0.2, 0.25) is 0 Å². The number of imide groups is 1. The van der Waals surface area contributed by atoms with Gasteiger partial charge in [-0.15, -0.1) is 0 Å². The quantitative estimate of drug-likeness (QED) is 0.648. The maximum absolute atomic E-state index is 13.3. The Morgan fingerprint density at radius 2 is 1.84 bits per heavy atom. The maximum Gasteiger partial charge on any atom is 0.325 e. The van der Waals surface area contributed by atoms with Gasteiger partial charge >= 0.3 is 6.03 Å². The summed E-state index contributed by atoms with van der Waals surface area (Å²) in [4.78, 5) is 43.9. The number of aryl methyl sites for hydroxylation is 1. The van der Waals surface area contributed by atoms with Crippen LogP contribution in [0.3, 0.4) is 0 Å². The van der Waals surface area contributed by atoms with Crippen molar-refractivity contribution in [3.05, 3.63) is 69.8 Å². The second-order valence-electron chi connectivity index (χ2n) is 7.82. The van der Waals surface area contributed by atoms with E-state index in [-0.39, 0.29) is 12.1 Å². The molecule has 0 spiro atoms. The molecule has 158 valence electrons. The molecular formula is C22H20N4O5. The molecule has 1 atom stereocenters. The monoisotopic (exact) mass is 420 g/mol. The third kappa shape index (κ3) is 3.09. The fraction of sp³-hybridized carbons (Fsp3) is 0.273. The van der Waals surface area contributed by atoms with Crippen LogP contribution in [0.5, 0.6) is 11.5 Å². The highest BCUT2D eigenvalue weighted by molar-refractivity contribution is 6.07. The Morgan fingerprint density at radius 1 is 1.06 bits per heavy atom. The molecule has 1 N–H and O–H groups in total. The van der Waals surface area contributed by atoms with E-state index in [0.717, 1.165) is 10.5 Å². The molecule has 1 aromatic carbocycles. The van der Waals surface area contributed by atoms with Gasteiger partial charge in [-0.3, -0.25) is 18.9 Å². The molecule has 4 heterocycles. The minimum atomic E-state index is -1.27. The van der Waals surface area contributed by atoms with Crippen molar-refractivity contribution in [2.75, 3.05) is 13.2 Å². The number of hydrogen-bond donors (Lipinski definition) is 1. The predicted octanol–water partition coefficient (Wildman–Crippen LogP) is 1.74. The van der Waals surface area contributed by atoms with Gasteiger partial charge in [0.05, 0.1) is 12.2 Å². The van der Waals surface area contributed by atoms with Crippen LogP contribution in [-0.2, 0) is 16.9 Å². The average Bonchev–Trinajstić information content (AvgIpc) is 2.97. The van der Waals surface area contributed by atoms with Crippen LogP contribution in [0.15, 0.2) is 47.4 Å². The van der Waals surface area contributed by atoms with E-state index in [4.69, 9.17) is 9.47 Å². The van der Waals surface area contributed by atoms with Crippen molar-refractivity contribution in [3.63, 3.8) is 0 Å². The number of hydrogen-bond acceptors (Lipinski definition) is 6. The predicted molar refractivity (Wildman–Crippen MR) is 110 cm³/mol. The van der Waals surface area contributed by atoms with Crippen molar-refractivity contribution in [2.24, 2.45) is 0 Å². The minimum absolute atomic E-state index is 0.107. The van der Waals surface area contributed by atoms with E-state index in [1.807, 2.05) is 13.0 Å². The molecule has 31 heavy (non-hydrogen) atoms. The van der Waals surface area contributed by atoms with Gasteiger partial charge in [0.2, 0.25) is 0 Å².